The van der Waals surface area contributed by atoms with Gasteiger partial charge in [-0.3, -0.25) is 9.36 Å². The van der Waals surface area contributed by atoms with Crippen molar-refractivity contribution in [2.75, 3.05) is 6.61 Å². The summed E-state index contributed by atoms with van der Waals surface area (Å²) in [5.74, 6) is -0.273. The van der Waals surface area contributed by atoms with Crippen LogP contribution in [0.3, 0.4) is 0 Å². The Morgan fingerprint density at radius 3 is 2.88 bits per heavy atom. The Morgan fingerprint density at radius 2 is 2.19 bits per heavy atom. The van der Waals surface area contributed by atoms with E-state index in [4.69, 9.17) is 4.74 Å². The molecule has 0 radical (unpaired) electrons. The van der Waals surface area contributed by atoms with Crippen LogP contribution in [0.2, 0.25) is 0 Å². The number of carbonyl (C=O) groups is 1. The average Bonchev–Trinajstić information content (AvgIpc) is 3.39. The standard InChI is InChI=1S/C24H22N2O4S2/c1-4-7-16-12-15(9-10-17(16)27)13-19-22(28)26-21(18-8-6-11-31-18)20(23(29)30-5-2)14(3)25-24(26)32-19/h4,6,8-13,21,27H,1,5,7H2,2-3H3/b19-13+/t21-/m0/s1. The van der Waals surface area contributed by atoms with Crippen LogP contribution < -0.4 is 14.9 Å². The molecule has 0 amide bonds. The summed E-state index contributed by atoms with van der Waals surface area (Å²) in [5, 5.41) is 11.9. The Hall–Kier alpha value is -3.23. The van der Waals surface area contributed by atoms with Gasteiger partial charge >= 0.3 is 5.97 Å². The molecule has 1 N–H and O–H groups in total. The van der Waals surface area contributed by atoms with Crippen molar-refractivity contribution < 1.29 is 14.6 Å². The minimum Gasteiger partial charge on any atom is -0.508 e. The predicted octanol–water partition coefficient (Wildman–Crippen LogP) is 3.29. The maximum atomic E-state index is 13.5. The Labute approximate surface area is 192 Å². The largest absolute Gasteiger partial charge is 0.508 e. The number of benzene rings is 1. The van der Waals surface area contributed by atoms with E-state index in [1.54, 1.807) is 42.7 Å². The van der Waals surface area contributed by atoms with E-state index in [1.807, 2.05) is 23.6 Å². The van der Waals surface area contributed by atoms with Crippen LogP contribution in [-0.4, -0.2) is 22.2 Å². The zero-order valence-corrected chi connectivity index (χ0v) is 19.3. The van der Waals surface area contributed by atoms with Gasteiger partial charge in [0.1, 0.15) is 11.8 Å². The van der Waals surface area contributed by atoms with E-state index in [2.05, 4.69) is 11.6 Å². The molecule has 0 aliphatic carbocycles. The normalized spacial score (nSPS) is 15.9. The van der Waals surface area contributed by atoms with E-state index in [9.17, 15) is 14.7 Å². The lowest BCUT2D eigenvalue weighted by molar-refractivity contribution is -0.139. The second kappa shape index (κ2) is 9.10. The lowest BCUT2D eigenvalue weighted by Gasteiger charge is -2.23. The van der Waals surface area contributed by atoms with Crippen LogP contribution in [-0.2, 0) is 16.0 Å². The number of phenolic OH excluding ortho intramolecular Hbond substituents is 1. The van der Waals surface area contributed by atoms with Gasteiger partial charge in [-0.1, -0.05) is 29.5 Å². The van der Waals surface area contributed by atoms with Crippen LogP contribution in [0.15, 0.2) is 69.4 Å². The van der Waals surface area contributed by atoms with Crippen molar-refractivity contribution >= 4 is 34.7 Å². The number of esters is 1. The first-order valence-corrected chi connectivity index (χ1v) is 11.8. The molecule has 3 heterocycles. The predicted molar refractivity (Wildman–Crippen MR) is 127 cm³/mol. The minimum absolute atomic E-state index is 0.191. The van der Waals surface area contributed by atoms with Crippen LogP contribution in [0.25, 0.3) is 6.08 Å². The number of aromatic hydroxyl groups is 1. The maximum Gasteiger partial charge on any atom is 0.338 e. The van der Waals surface area contributed by atoms with E-state index in [0.29, 0.717) is 27.0 Å². The van der Waals surface area contributed by atoms with Crippen molar-refractivity contribution in [1.29, 1.82) is 0 Å². The summed E-state index contributed by atoms with van der Waals surface area (Å²) in [6.45, 7) is 7.48. The molecule has 1 aromatic carbocycles. The smallest absolute Gasteiger partial charge is 0.338 e. The van der Waals surface area contributed by atoms with Gasteiger partial charge in [-0.25, -0.2) is 9.79 Å². The molecule has 32 heavy (non-hydrogen) atoms. The van der Waals surface area contributed by atoms with E-state index in [-0.39, 0.29) is 17.9 Å². The molecular formula is C24H22N2O4S2. The molecule has 2 aromatic heterocycles. The van der Waals surface area contributed by atoms with Gasteiger partial charge in [0.2, 0.25) is 0 Å². The summed E-state index contributed by atoms with van der Waals surface area (Å²) in [4.78, 5) is 32.2. The minimum atomic E-state index is -0.580. The Kier molecular flexibility index (Phi) is 6.25. The van der Waals surface area contributed by atoms with Gasteiger partial charge in [-0.15, -0.1) is 17.9 Å². The van der Waals surface area contributed by atoms with Gasteiger partial charge in [-0.2, -0.15) is 0 Å². The van der Waals surface area contributed by atoms with Gasteiger partial charge < -0.3 is 9.84 Å². The number of thiazole rings is 1. The Bertz CT molecular complexity index is 1390. The molecule has 0 saturated carbocycles. The molecule has 0 unspecified atom stereocenters. The molecule has 164 valence electrons. The summed E-state index contributed by atoms with van der Waals surface area (Å²) < 4.78 is 7.36. The summed E-state index contributed by atoms with van der Waals surface area (Å²) >= 11 is 2.76. The van der Waals surface area contributed by atoms with Crippen molar-refractivity contribution in [2.45, 2.75) is 26.3 Å². The highest BCUT2D eigenvalue weighted by molar-refractivity contribution is 7.10. The third-order valence-corrected chi connectivity index (χ3v) is 7.00. The van der Waals surface area contributed by atoms with Gasteiger partial charge in [0.05, 0.1) is 22.4 Å². The number of phenols is 1. The zero-order valence-electron chi connectivity index (χ0n) is 17.7. The number of aromatic nitrogens is 1. The summed E-state index contributed by atoms with van der Waals surface area (Å²) in [5.41, 5.74) is 2.23. The van der Waals surface area contributed by atoms with Crippen LogP contribution in [0.5, 0.6) is 5.75 Å². The fourth-order valence-electron chi connectivity index (χ4n) is 3.67. The number of rotatable bonds is 6. The van der Waals surface area contributed by atoms with Crippen molar-refractivity contribution in [1.82, 2.24) is 4.57 Å². The second-order valence-corrected chi connectivity index (χ2v) is 9.19. The first-order valence-electron chi connectivity index (χ1n) is 10.1. The van der Waals surface area contributed by atoms with Gasteiger partial charge in [0, 0.05) is 4.88 Å². The van der Waals surface area contributed by atoms with Crippen LogP contribution in [0.4, 0.5) is 0 Å². The molecule has 6 nitrogen and oxygen atoms in total. The SMILES string of the molecule is C=CCc1cc(/C=c2/sc3n(c2=O)[C@@H](c2cccs2)C(C(=O)OCC)=C(C)N=3)ccc1O. The van der Waals surface area contributed by atoms with E-state index in [0.717, 1.165) is 16.0 Å². The summed E-state index contributed by atoms with van der Waals surface area (Å²) in [6.07, 6.45) is 4.02. The average molecular weight is 467 g/mol. The molecule has 0 saturated heterocycles. The number of thiophene rings is 1. The third-order valence-electron chi connectivity index (χ3n) is 5.10. The Balaban J connectivity index is 1.90. The molecule has 0 bridgehead atoms. The molecule has 1 atom stereocenters. The van der Waals surface area contributed by atoms with Crippen molar-refractivity contribution in [3.63, 3.8) is 0 Å². The highest BCUT2D eigenvalue weighted by Gasteiger charge is 2.33. The first-order chi connectivity index (χ1) is 15.4. The topological polar surface area (TPSA) is 80.9 Å². The fourth-order valence-corrected chi connectivity index (χ4v) is 5.54. The number of nitrogens with zero attached hydrogens (tertiary/aromatic N) is 2. The molecular weight excluding hydrogens is 444 g/mol. The third kappa shape index (κ3) is 3.99. The molecule has 0 spiro atoms. The molecule has 1 aliphatic rings. The molecule has 1 aliphatic heterocycles. The number of hydrogen-bond acceptors (Lipinski definition) is 7. The monoisotopic (exact) mass is 466 g/mol. The van der Waals surface area contributed by atoms with Crippen molar-refractivity contribution in [3.8, 4) is 5.75 Å². The van der Waals surface area contributed by atoms with Crippen LogP contribution in [0, 0.1) is 0 Å². The number of fused-ring (bicyclic) bond motifs is 1. The van der Waals surface area contributed by atoms with Crippen molar-refractivity contribution in [3.05, 3.63) is 95.3 Å². The quantitative estimate of drug-likeness (QED) is 0.447. The van der Waals surface area contributed by atoms with E-state index in [1.165, 1.54) is 22.7 Å². The highest BCUT2D eigenvalue weighted by Crippen LogP contribution is 2.33. The summed E-state index contributed by atoms with van der Waals surface area (Å²) in [7, 11) is 0. The summed E-state index contributed by atoms with van der Waals surface area (Å²) in [6, 6.07) is 8.42. The van der Waals surface area contributed by atoms with E-state index < -0.39 is 12.0 Å². The molecule has 4 rings (SSSR count). The van der Waals surface area contributed by atoms with Crippen LogP contribution >= 0.6 is 22.7 Å². The van der Waals surface area contributed by atoms with Crippen molar-refractivity contribution in [2.24, 2.45) is 4.99 Å². The lowest BCUT2D eigenvalue weighted by atomic mass is 10.0. The number of hydrogen-bond donors (Lipinski definition) is 1. The Morgan fingerprint density at radius 1 is 1.38 bits per heavy atom. The maximum absolute atomic E-state index is 13.5. The lowest BCUT2D eigenvalue weighted by Crippen LogP contribution is -2.39. The van der Waals surface area contributed by atoms with Gasteiger partial charge in [0.15, 0.2) is 4.80 Å². The first kappa shape index (κ1) is 22.0. The molecule has 0 fully saturated rings. The number of ether oxygens (including phenoxy) is 1. The van der Waals surface area contributed by atoms with Crippen LogP contribution in [0.1, 0.15) is 35.9 Å². The second-order valence-electron chi connectivity index (χ2n) is 7.20. The van der Waals surface area contributed by atoms with Gasteiger partial charge in [0.25, 0.3) is 5.56 Å². The number of allylic oxidation sites excluding steroid dienone is 2. The number of carbonyl (C=O) groups excluding carboxylic acids is 1. The highest BCUT2D eigenvalue weighted by atomic mass is 32.1. The van der Waals surface area contributed by atoms with Gasteiger partial charge in [-0.05, 0) is 61.1 Å². The zero-order chi connectivity index (χ0) is 22.8. The molecule has 8 heteroatoms. The van der Waals surface area contributed by atoms with E-state index >= 15 is 0 Å². The molecule has 3 aromatic rings. The fraction of sp³-hybridized carbons (Fsp3) is 0.208.